The van der Waals surface area contributed by atoms with E-state index < -0.39 is 18.0 Å². The van der Waals surface area contributed by atoms with Crippen molar-refractivity contribution >= 4 is 52.1 Å². The lowest BCUT2D eigenvalue weighted by Gasteiger charge is -2.13. The first-order chi connectivity index (χ1) is 9.52. The van der Waals surface area contributed by atoms with Crippen LogP contribution in [0.1, 0.15) is 13.3 Å². The van der Waals surface area contributed by atoms with E-state index in [1.165, 1.54) is 0 Å². The molecule has 2 amide bonds. The summed E-state index contributed by atoms with van der Waals surface area (Å²) in [4.78, 5) is 22.7. The van der Waals surface area contributed by atoms with Crippen LogP contribution >= 0.6 is 23.3 Å². The average Bonchev–Trinajstić information content (AvgIpc) is 2.87. The van der Waals surface area contributed by atoms with Crippen LogP contribution in [0.5, 0.6) is 0 Å². The number of carbonyl (C=O) groups is 2. The molecule has 0 aliphatic carbocycles. The maximum Gasteiger partial charge on any atom is 0.326 e. The molecular weight excluding hydrogens is 304 g/mol. The van der Waals surface area contributed by atoms with E-state index >= 15 is 0 Å². The van der Waals surface area contributed by atoms with Crippen LogP contribution in [-0.2, 0) is 4.79 Å². The molecule has 0 saturated carbocycles. The minimum atomic E-state index is -1.10. The number of benzene rings is 1. The molecule has 1 atom stereocenters. The predicted octanol–water partition coefficient (Wildman–Crippen LogP) is 2.33. The van der Waals surface area contributed by atoms with Gasteiger partial charge in [0.2, 0.25) is 0 Å². The van der Waals surface area contributed by atoms with Gasteiger partial charge in [-0.05, 0) is 18.6 Å². The van der Waals surface area contributed by atoms with Crippen molar-refractivity contribution in [1.29, 1.82) is 0 Å². The molecule has 0 saturated heterocycles. The van der Waals surface area contributed by atoms with E-state index in [4.69, 9.17) is 16.7 Å². The zero-order valence-electron chi connectivity index (χ0n) is 10.4. The van der Waals surface area contributed by atoms with Crippen LogP contribution in [0.2, 0.25) is 5.02 Å². The Morgan fingerprint density at radius 1 is 1.45 bits per heavy atom. The highest BCUT2D eigenvalue weighted by Crippen LogP contribution is 2.29. The number of nitrogens with one attached hydrogen (secondary N) is 2. The number of anilines is 1. The first-order valence-corrected chi connectivity index (χ1v) is 6.84. The Morgan fingerprint density at radius 3 is 2.85 bits per heavy atom. The van der Waals surface area contributed by atoms with Gasteiger partial charge >= 0.3 is 12.0 Å². The van der Waals surface area contributed by atoms with Crippen LogP contribution in [-0.4, -0.2) is 31.9 Å². The first-order valence-electron chi connectivity index (χ1n) is 5.74. The van der Waals surface area contributed by atoms with Crippen LogP contribution in [0.3, 0.4) is 0 Å². The summed E-state index contributed by atoms with van der Waals surface area (Å²) < 4.78 is 8.09. The van der Waals surface area contributed by atoms with E-state index in [1.807, 2.05) is 0 Å². The van der Waals surface area contributed by atoms with Gasteiger partial charge in [-0.15, -0.1) is 0 Å². The number of fused-ring (bicyclic) bond motifs is 1. The Bertz CT molecular complexity index is 660. The lowest BCUT2D eigenvalue weighted by Crippen LogP contribution is -2.42. The van der Waals surface area contributed by atoms with Gasteiger partial charge in [0.1, 0.15) is 17.1 Å². The molecule has 0 aliphatic rings. The van der Waals surface area contributed by atoms with Gasteiger partial charge in [0, 0.05) is 0 Å². The Kier molecular flexibility index (Phi) is 4.35. The summed E-state index contributed by atoms with van der Waals surface area (Å²) >= 11 is 7.02. The van der Waals surface area contributed by atoms with Gasteiger partial charge in [-0.2, -0.15) is 8.75 Å². The molecule has 0 radical (unpaired) electrons. The van der Waals surface area contributed by atoms with Crippen LogP contribution in [0, 0.1) is 0 Å². The number of aliphatic carboxylic acids is 1. The van der Waals surface area contributed by atoms with Crippen molar-refractivity contribution in [1.82, 2.24) is 14.1 Å². The van der Waals surface area contributed by atoms with Crippen molar-refractivity contribution < 1.29 is 14.7 Å². The third-order valence-corrected chi connectivity index (χ3v) is 3.48. The lowest BCUT2D eigenvalue weighted by atomic mass is 10.2. The molecule has 1 heterocycles. The number of carbonyl (C=O) groups excluding carboxylic acids is 1. The number of urea groups is 1. The van der Waals surface area contributed by atoms with Crippen molar-refractivity contribution in [2.75, 3.05) is 5.32 Å². The normalized spacial score (nSPS) is 12.1. The zero-order chi connectivity index (χ0) is 14.7. The van der Waals surface area contributed by atoms with Gasteiger partial charge in [-0.25, -0.2) is 9.59 Å². The molecule has 0 fully saturated rings. The SMILES string of the molecule is CC[C@H](NC(=O)Nc1c(Cl)ccc2nsnc12)C(=O)O. The smallest absolute Gasteiger partial charge is 0.326 e. The summed E-state index contributed by atoms with van der Waals surface area (Å²) in [5, 5.41) is 14.1. The molecule has 2 rings (SSSR count). The van der Waals surface area contributed by atoms with Gasteiger partial charge in [0.05, 0.1) is 22.4 Å². The number of halogens is 1. The van der Waals surface area contributed by atoms with Crippen molar-refractivity contribution in [3.8, 4) is 0 Å². The number of aromatic nitrogens is 2. The zero-order valence-corrected chi connectivity index (χ0v) is 12.0. The minimum absolute atomic E-state index is 0.277. The summed E-state index contributed by atoms with van der Waals surface area (Å²) in [6, 6.07) is 1.68. The van der Waals surface area contributed by atoms with Gasteiger partial charge in [-0.1, -0.05) is 18.5 Å². The molecule has 7 nitrogen and oxygen atoms in total. The second-order valence-corrected chi connectivity index (χ2v) is 4.89. The summed E-state index contributed by atoms with van der Waals surface area (Å²) in [5.74, 6) is -1.10. The highest BCUT2D eigenvalue weighted by molar-refractivity contribution is 7.00. The van der Waals surface area contributed by atoms with Crippen molar-refractivity contribution in [3.63, 3.8) is 0 Å². The third-order valence-electron chi connectivity index (χ3n) is 2.63. The quantitative estimate of drug-likeness (QED) is 0.803. The highest BCUT2D eigenvalue weighted by Gasteiger charge is 2.19. The fraction of sp³-hybridized carbons (Fsp3) is 0.273. The average molecular weight is 315 g/mol. The molecule has 9 heteroatoms. The predicted molar refractivity (Wildman–Crippen MR) is 76.3 cm³/mol. The van der Waals surface area contributed by atoms with E-state index in [0.717, 1.165) is 11.7 Å². The van der Waals surface area contributed by atoms with Crippen molar-refractivity contribution in [2.24, 2.45) is 0 Å². The highest BCUT2D eigenvalue weighted by atomic mass is 35.5. The van der Waals surface area contributed by atoms with Crippen LogP contribution in [0.15, 0.2) is 12.1 Å². The fourth-order valence-electron chi connectivity index (χ4n) is 1.59. The molecule has 1 aromatic heterocycles. The van der Waals surface area contributed by atoms with E-state index in [-0.39, 0.29) is 6.42 Å². The largest absolute Gasteiger partial charge is 0.480 e. The maximum absolute atomic E-state index is 11.8. The monoisotopic (exact) mass is 314 g/mol. The standard InChI is InChI=1S/C11H11ClN4O3S/c1-2-6(10(17)18)13-11(19)14-8-5(12)3-4-7-9(8)16-20-15-7/h3-4,6H,2H2,1H3,(H,17,18)(H2,13,14,19)/t6-/m0/s1. The second-order valence-electron chi connectivity index (χ2n) is 3.95. The number of hydrogen-bond acceptors (Lipinski definition) is 5. The molecule has 106 valence electrons. The lowest BCUT2D eigenvalue weighted by molar-refractivity contribution is -0.139. The molecule has 0 spiro atoms. The molecule has 0 unspecified atom stereocenters. The number of carboxylic acids is 1. The summed E-state index contributed by atoms with van der Waals surface area (Å²) in [6.45, 7) is 1.66. The Labute approximate surface area is 123 Å². The molecule has 20 heavy (non-hydrogen) atoms. The van der Waals surface area contributed by atoms with E-state index in [2.05, 4.69) is 19.4 Å². The Balaban J connectivity index is 2.19. The van der Waals surface area contributed by atoms with Gasteiger partial charge in [0.25, 0.3) is 0 Å². The van der Waals surface area contributed by atoms with Crippen molar-refractivity contribution in [3.05, 3.63) is 17.2 Å². The molecular formula is C11H11ClN4O3S. The maximum atomic E-state index is 11.8. The van der Waals surface area contributed by atoms with E-state index in [9.17, 15) is 9.59 Å². The molecule has 3 N–H and O–H groups in total. The topological polar surface area (TPSA) is 104 Å². The van der Waals surface area contributed by atoms with Crippen LogP contribution in [0.25, 0.3) is 11.0 Å². The van der Waals surface area contributed by atoms with E-state index in [1.54, 1.807) is 19.1 Å². The molecule has 2 aromatic rings. The minimum Gasteiger partial charge on any atom is -0.480 e. The summed E-state index contributed by atoms with van der Waals surface area (Å²) in [7, 11) is 0. The Hall–Kier alpha value is -1.93. The van der Waals surface area contributed by atoms with Crippen molar-refractivity contribution in [2.45, 2.75) is 19.4 Å². The number of nitrogens with zero attached hydrogens (tertiary/aromatic N) is 2. The van der Waals surface area contributed by atoms with Crippen LogP contribution in [0.4, 0.5) is 10.5 Å². The summed E-state index contributed by atoms with van der Waals surface area (Å²) in [5.41, 5.74) is 1.40. The number of hydrogen-bond donors (Lipinski definition) is 3. The van der Waals surface area contributed by atoms with E-state index in [0.29, 0.717) is 21.7 Å². The molecule has 0 bridgehead atoms. The first kappa shape index (κ1) is 14.5. The molecule has 0 aliphatic heterocycles. The van der Waals surface area contributed by atoms with Crippen LogP contribution < -0.4 is 10.6 Å². The molecule has 1 aromatic carbocycles. The number of rotatable bonds is 4. The third kappa shape index (κ3) is 2.97. The summed E-state index contributed by atoms with van der Waals surface area (Å²) in [6.07, 6.45) is 0.277. The fourth-order valence-corrected chi connectivity index (χ4v) is 2.33. The van der Waals surface area contributed by atoms with Gasteiger partial charge < -0.3 is 15.7 Å². The Morgan fingerprint density at radius 2 is 2.20 bits per heavy atom. The van der Waals surface area contributed by atoms with Gasteiger partial charge in [-0.3, -0.25) is 0 Å². The number of carboxylic acid groups (broad SMARTS) is 1. The number of amides is 2. The van der Waals surface area contributed by atoms with Gasteiger partial charge in [0.15, 0.2) is 0 Å². The second kappa shape index (κ2) is 6.02.